The van der Waals surface area contributed by atoms with Gasteiger partial charge in [0.1, 0.15) is 11.8 Å². The molecule has 2 amide bonds. The fraction of sp³-hybridized carbons (Fsp3) is 0.296. The van der Waals surface area contributed by atoms with E-state index in [-0.39, 0.29) is 18.2 Å². The van der Waals surface area contributed by atoms with Crippen molar-refractivity contribution >= 4 is 11.8 Å². The molecular formula is C27H29N3O3. The number of carbonyl (C=O) groups excluding carboxylic acids is 2. The second-order valence-electron chi connectivity index (χ2n) is 8.19. The molecule has 1 atom stereocenters. The Morgan fingerprint density at radius 1 is 1.00 bits per heavy atom. The number of amides is 2. The van der Waals surface area contributed by atoms with Gasteiger partial charge in [0.05, 0.1) is 13.5 Å². The van der Waals surface area contributed by atoms with Crippen molar-refractivity contribution in [3.05, 3.63) is 84.2 Å². The molecule has 0 spiro atoms. The standard InChI is InChI=1S/C27H29N3O3/c1-3-29-15-16-30(26(31)19-21-5-4-6-24(17-21)33-2)25(27(29)32)18-20-7-9-22(10-8-20)23-11-13-28-14-12-23/h4-14,17,25H,3,15-16,18-19H2,1-2H3/t25-/m1/s1. The first kappa shape index (κ1) is 22.5. The van der Waals surface area contributed by atoms with Gasteiger partial charge in [-0.3, -0.25) is 14.6 Å². The Kier molecular flexibility index (Phi) is 7.03. The Bertz CT molecular complexity index is 1100. The number of pyridine rings is 1. The van der Waals surface area contributed by atoms with Crippen molar-refractivity contribution in [1.29, 1.82) is 0 Å². The normalized spacial score (nSPS) is 16.1. The summed E-state index contributed by atoms with van der Waals surface area (Å²) in [6.07, 6.45) is 4.29. The summed E-state index contributed by atoms with van der Waals surface area (Å²) in [5.74, 6) is 0.699. The van der Waals surface area contributed by atoms with E-state index in [1.807, 2.05) is 60.4 Å². The zero-order chi connectivity index (χ0) is 23.2. The first-order chi connectivity index (χ1) is 16.1. The van der Waals surface area contributed by atoms with E-state index < -0.39 is 6.04 Å². The maximum atomic E-state index is 13.3. The van der Waals surface area contributed by atoms with Gasteiger partial charge in [0, 0.05) is 38.4 Å². The maximum Gasteiger partial charge on any atom is 0.245 e. The molecule has 2 heterocycles. The maximum absolute atomic E-state index is 13.3. The Labute approximate surface area is 194 Å². The van der Waals surface area contributed by atoms with E-state index in [2.05, 4.69) is 17.1 Å². The Balaban J connectivity index is 1.53. The third-order valence-electron chi connectivity index (χ3n) is 6.17. The molecule has 6 heteroatoms. The molecule has 0 N–H and O–H groups in total. The monoisotopic (exact) mass is 443 g/mol. The van der Waals surface area contributed by atoms with E-state index in [0.29, 0.717) is 26.1 Å². The molecule has 1 fully saturated rings. The highest BCUT2D eigenvalue weighted by Crippen LogP contribution is 2.22. The van der Waals surface area contributed by atoms with Crippen molar-refractivity contribution in [2.24, 2.45) is 0 Å². The fourth-order valence-corrected chi connectivity index (χ4v) is 4.31. The van der Waals surface area contributed by atoms with E-state index in [1.165, 1.54) is 0 Å². The van der Waals surface area contributed by atoms with E-state index in [0.717, 1.165) is 28.0 Å². The lowest BCUT2D eigenvalue weighted by atomic mass is 9.98. The van der Waals surface area contributed by atoms with Crippen LogP contribution in [0, 0.1) is 0 Å². The molecule has 2 aromatic carbocycles. The zero-order valence-electron chi connectivity index (χ0n) is 19.1. The predicted octanol–water partition coefficient (Wildman–Crippen LogP) is 3.60. The van der Waals surface area contributed by atoms with Crippen LogP contribution in [0.4, 0.5) is 0 Å². The van der Waals surface area contributed by atoms with Gasteiger partial charge in [0.15, 0.2) is 0 Å². The Morgan fingerprint density at radius 2 is 1.73 bits per heavy atom. The molecule has 33 heavy (non-hydrogen) atoms. The number of nitrogens with zero attached hydrogens (tertiary/aromatic N) is 3. The van der Waals surface area contributed by atoms with Gasteiger partial charge < -0.3 is 14.5 Å². The van der Waals surface area contributed by atoms with E-state index in [1.54, 1.807) is 24.4 Å². The molecule has 6 nitrogen and oxygen atoms in total. The summed E-state index contributed by atoms with van der Waals surface area (Å²) in [4.78, 5) is 34.1. The number of hydrogen-bond acceptors (Lipinski definition) is 4. The largest absolute Gasteiger partial charge is 0.497 e. The number of hydrogen-bond donors (Lipinski definition) is 0. The second kappa shape index (κ2) is 10.3. The molecule has 0 bridgehead atoms. The average Bonchev–Trinajstić information content (AvgIpc) is 2.86. The van der Waals surface area contributed by atoms with Gasteiger partial charge in [-0.05, 0) is 53.4 Å². The van der Waals surface area contributed by atoms with Crippen LogP contribution in [0.15, 0.2) is 73.1 Å². The topological polar surface area (TPSA) is 62.7 Å². The fourth-order valence-electron chi connectivity index (χ4n) is 4.31. The van der Waals surface area contributed by atoms with Crippen molar-refractivity contribution in [2.75, 3.05) is 26.7 Å². The van der Waals surface area contributed by atoms with Crippen LogP contribution in [-0.2, 0) is 22.4 Å². The van der Waals surface area contributed by atoms with Gasteiger partial charge >= 0.3 is 0 Å². The third-order valence-corrected chi connectivity index (χ3v) is 6.17. The Hall–Kier alpha value is -3.67. The van der Waals surface area contributed by atoms with Crippen LogP contribution in [0.5, 0.6) is 5.75 Å². The lowest BCUT2D eigenvalue weighted by Gasteiger charge is -2.40. The second-order valence-corrected chi connectivity index (χ2v) is 8.19. The van der Waals surface area contributed by atoms with Crippen LogP contribution in [0.25, 0.3) is 11.1 Å². The van der Waals surface area contributed by atoms with Crippen molar-refractivity contribution in [2.45, 2.75) is 25.8 Å². The number of rotatable bonds is 7. The van der Waals surface area contributed by atoms with Crippen LogP contribution in [0.1, 0.15) is 18.1 Å². The van der Waals surface area contributed by atoms with Gasteiger partial charge in [0.25, 0.3) is 0 Å². The molecule has 0 unspecified atom stereocenters. The van der Waals surface area contributed by atoms with Gasteiger partial charge in [-0.1, -0.05) is 36.4 Å². The number of likely N-dealkylation sites (N-methyl/N-ethyl adjacent to an activating group) is 1. The summed E-state index contributed by atoms with van der Waals surface area (Å²) in [5.41, 5.74) is 4.10. The molecule has 3 aromatic rings. The molecule has 0 radical (unpaired) electrons. The minimum absolute atomic E-state index is 0.0148. The molecule has 0 saturated carbocycles. The first-order valence-electron chi connectivity index (χ1n) is 11.3. The number of aromatic nitrogens is 1. The van der Waals surface area contributed by atoms with E-state index in [4.69, 9.17) is 4.74 Å². The quantitative estimate of drug-likeness (QED) is 0.560. The highest BCUT2D eigenvalue weighted by Gasteiger charge is 2.36. The Morgan fingerprint density at radius 3 is 2.42 bits per heavy atom. The summed E-state index contributed by atoms with van der Waals surface area (Å²) in [5, 5.41) is 0. The number of methoxy groups -OCH3 is 1. The van der Waals surface area contributed by atoms with E-state index in [9.17, 15) is 9.59 Å². The minimum atomic E-state index is -0.497. The van der Waals surface area contributed by atoms with Crippen molar-refractivity contribution < 1.29 is 14.3 Å². The number of ether oxygens (including phenoxy) is 1. The average molecular weight is 444 g/mol. The first-order valence-corrected chi connectivity index (χ1v) is 11.3. The van der Waals surface area contributed by atoms with Crippen LogP contribution < -0.4 is 4.74 Å². The molecule has 1 aliphatic rings. The smallest absolute Gasteiger partial charge is 0.245 e. The molecule has 1 aromatic heterocycles. The molecule has 1 aliphatic heterocycles. The summed E-state index contributed by atoms with van der Waals surface area (Å²) < 4.78 is 5.28. The van der Waals surface area contributed by atoms with E-state index >= 15 is 0 Å². The van der Waals surface area contributed by atoms with Gasteiger partial charge in [-0.15, -0.1) is 0 Å². The van der Waals surface area contributed by atoms with Gasteiger partial charge in [-0.25, -0.2) is 0 Å². The predicted molar refractivity (Wildman–Crippen MR) is 128 cm³/mol. The lowest BCUT2D eigenvalue weighted by Crippen LogP contribution is -2.59. The van der Waals surface area contributed by atoms with Crippen LogP contribution in [0.3, 0.4) is 0 Å². The lowest BCUT2D eigenvalue weighted by molar-refractivity contribution is -0.150. The molecule has 1 saturated heterocycles. The molecular weight excluding hydrogens is 414 g/mol. The highest BCUT2D eigenvalue weighted by atomic mass is 16.5. The molecule has 170 valence electrons. The SMILES string of the molecule is CCN1CCN(C(=O)Cc2cccc(OC)c2)[C@H](Cc2ccc(-c3ccncc3)cc2)C1=O. The number of piperazine rings is 1. The number of carbonyl (C=O) groups is 2. The van der Waals surface area contributed by atoms with Gasteiger partial charge in [-0.2, -0.15) is 0 Å². The van der Waals surface area contributed by atoms with Crippen LogP contribution in [-0.4, -0.2) is 59.4 Å². The van der Waals surface area contributed by atoms with Gasteiger partial charge in [0.2, 0.25) is 11.8 Å². The third kappa shape index (κ3) is 5.22. The van der Waals surface area contributed by atoms with Crippen LogP contribution in [0.2, 0.25) is 0 Å². The van der Waals surface area contributed by atoms with Crippen molar-refractivity contribution in [3.63, 3.8) is 0 Å². The highest BCUT2D eigenvalue weighted by molar-refractivity contribution is 5.90. The molecule has 4 rings (SSSR count). The van der Waals surface area contributed by atoms with Crippen molar-refractivity contribution in [1.82, 2.24) is 14.8 Å². The summed E-state index contributed by atoms with van der Waals surface area (Å²) in [7, 11) is 1.61. The van der Waals surface area contributed by atoms with Crippen molar-refractivity contribution in [3.8, 4) is 16.9 Å². The molecule has 0 aliphatic carbocycles. The summed E-state index contributed by atoms with van der Waals surface area (Å²) in [6, 6.07) is 19.2. The zero-order valence-corrected chi connectivity index (χ0v) is 19.1. The van der Waals surface area contributed by atoms with Crippen LogP contribution >= 0.6 is 0 Å². The minimum Gasteiger partial charge on any atom is -0.497 e. The summed E-state index contributed by atoms with van der Waals surface area (Å²) in [6.45, 7) is 3.74. The number of benzene rings is 2. The summed E-state index contributed by atoms with van der Waals surface area (Å²) >= 11 is 0.